The Labute approximate surface area is 151 Å². The standard InChI is InChI=1S/C22H32O3/c1-3-4-5-6-7-8-9-10-11-12-15-24-19-13-14-20-18(2)16-22(23)25-21(20)17-19/h13-14,16-17H,3-12,15H2,1-2H3. The lowest BCUT2D eigenvalue weighted by molar-refractivity contribution is 0.304. The summed E-state index contributed by atoms with van der Waals surface area (Å²) in [5.41, 5.74) is 1.23. The average Bonchev–Trinajstić information content (AvgIpc) is 2.59. The molecule has 1 heterocycles. The van der Waals surface area contributed by atoms with Gasteiger partial charge in [0.2, 0.25) is 0 Å². The van der Waals surface area contributed by atoms with E-state index in [1.165, 1.54) is 63.9 Å². The minimum absolute atomic E-state index is 0.308. The molecule has 0 aliphatic carbocycles. The molecule has 3 heteroatoms. The molecule has 1 aromatic heterocycles. The van der Waals surface area contributed by atoms with Crippen molar-refractivity contribution in [3.8, 4) is 5.75 Å². The fourth-order valence-electron chi connectivity index (χ4n) is 3.17. The third-order valence-electron chi connectivity index (χ3n) is 4.69. The number of hydrogen-bond donors (Lipinski definition) is 0. The van der Waals surface area contributed by atoms with Crippen LogP contribution in [0, 0.1) is 6.92 Å². The first kappa shape index (κ1) is 19.6. The van der Waals surface area contributed by atoms with Crippen LogP contribution in [0.2, 0.25) is 0 Å². The van der Waals surface area contributed by atoms with Crippen molar-refractivity contribution in [2.75, 3.05) is 6.61 Å². The number of benzene rings is 1. The van der Waals surface area contributed by atoms with Crippen LogP contribution in [-0.4, -0.2) is 6.61 Å². The largest absolute Gasteiger partial charge is 0.493 e. The predicted molar refractivity (Wildman–Crippen MR) is 105 cm³/mol. The molecule has 0 radical (unpaired) electrons. The van der Waals surface area contributed by atoms with Crippen LogP contribution in [0.1, 0.15) is 76.7 Å². The van der Waals surface area contributed by atoms with Crippen molar-refractivity contribution < 1.29 is 9.15 Å². The van der Waals surface area contributed by atoms with Gasteiger partial charge in [0, 0.05) is 17.5 Å². The van der Waals surface area contributed by atoms with E-state index < -0.39 is 0 Å². The molecule has 0 N–H and O–H groups in total. The Hall–Kier alpha value is -1.77. The van der Waals surface area contributed by atoms with Crippen molar-refractivity contribution in [2.24, 2.45) is 0 Å². The molecule has 3 nitrogen and oxygen atoms in total. The molecule has 0 amide bonds. The zero-order valence-electron chi connectivity index (χ0n) is 15.8. The smallest absolute Gasteiger partial charge is 0.336 e. The Bertz CT molecular complexity index is 687. The van der Waals surface area contributed by atoms with Gasteiger partial charge in [-0.1, -0.05) is 64.7 Å². The Morgan fingerprint density at radius 2 is 1.52 bits per heavy atom. The van der Waals surface area contributed by atoms with Gasteiger partial charge in [-0.2, -0.15) is 0 Å². The van der Waals surface area contributed by atoms with Crippen molar-refractivity contribution in [1.82, 2.24) is 0 Å². The first-order valence-electron chi connectivity index (χ1n) is 9.88. The molecule has 0 saturated carbocycles. The van der Waals surface area contributed by atoms with Crippen LogP contribution in [0.5, 0.6) is 5.75 Å². The van der Waals surface area contributed by atoms with Gasteiger partial charge in [-0.3, -0.25) is 0 Å². The number of unbranched alkanes of at least 4 members (excludes halogenated alkanes) is 9. The summed E-state index contributed by atoms with van der Waals surface area (Å²) < 4.78 is 11.1. The van der Waals surface area contributed by atoms with Gasteiger partial charge in [0.25, 0.3) is 0 Å². The van der Waals surface area contributed by atoms with Crippen LogP contribution in [-0.2, 0) is 0 Å². The number of ether oxygens (including phenoxy) is 1. The zero-order chi connectivity index (χ0) is 17.9. The van der Waals surface area contributed by atoms with E-state index in [0.717, 1.165) is 29.7 Å². The molecule has 2 rings (SSSR count). The second-order valence-corrected chi connectivity index (χ2v) is 6.94. The lowest BCUT2D eigenvalue weighted by atomic mass is 10.1. The first-order chi connectivity index (χ1) is 12.2. The molecular formula is C22H32O3. The highest BCUT2D eigenvalue weighted by molar-refractivity contribution is 5.81. The van der Waals surface area contributed by atoms with E-state index in [-0.39, 0.29) is 5.63 Å². The van der Waals surface area contributed by atoms with E-state index in [4.69, 9.17) is 9.15 Å². The van der Waals surface area contributed by atoms with Crippen molar-refractivity contribution in [3.63, 3.8) is 0 Å². The van der Waals surface area contributed by atoms with E-state index in [1.54, 1.807) is 0 Å². The highest BCUT2D eigenvalue weighted by Gasteiger charge is 2.04. The molecule has 0 saturated heterocycles. The van der Waals surface area contributed by atoms with Crippen molar-refractivity contribution in [1.29, 1.82) is 0 Å². The Balaban J connectivity index is 1.61. The van der Waals surface area contributed by atoms with Gasteiger partial charge in [0.1, 0.15) is 11.3 Å². The molecule has 0 bridgehead atoms. The monoisotopic (exact) mass is 344 g/mol. The molecule has 0 aliphatic heterocycles. The van der Waals surface area contributed by atoms with Crippen molar-refractivity contribution in [2.45, 2.75) is 78.1 Å². The molecule has 2 aromatic rings. The summed E-state index contributed by atoms with van der Waals surface area (Å²) in [6, 6.07) is 7.25. The first-order valence-corrected chi connectivity index (χ1v) is 9.88. The molecule has 25 heavy (non-hydrogen) atoms. The molecule has 0 aliphatic rings. The van der Waals surface area contributed by atoms with Crippen molar-refractivity contribution >= 4 is 11.0 Å². The van der Waals surface area contributed by atoms with Crippen LogP contribution in [0.25, 0.3) is 11.0 Å². The number of fused-ring (bicyclic) bond motifs is 1. The fourth-order valence-corrected chi connectivity index (χ4v) is 3.17. The minimum atomic E-state index is -0.308. The van der Waals surface area contributed by atoms with Gasteiger partial charge >= 0.3 is 5.63 Å². The summed E-state index contributed by atoms with van der Waals surface area (Å²) in [5.74, 6) is 0.775. The Morgan fingerprint density at radius 1 is 0.880 bits per heavy atom. The molecular weight excluding hydrogens is 312 g/mol. The van der Waals surface area contributed by atoms with E-state index >= 15 is 0 Å². The number of rotatable bonds is 12. The zero-order valence-corrected chi connectivity index (χ0v) is 15.8. The summed E-state index contributed by atoms with van der Waals surface area (Å²) in [7, 11) is 0. The van der Waals surface area contributed by atoms with Gasteiger partial charge in [-0.05, 0) is 31.0 Å². The average molecular weight is 344 g/mol. The third kappa shape index (κ3) is 6.93. The fraction of sp³-hybridized carbons (Fsp3) is 0.591. The van der Waals surface area contributed by atoms with Crippen molar-refractivity contribution in [3.05, 3.63) is 40.2 Å². The van der Waals surface area contributed by atoms with E-state index in [9.17, 15) is 4.79 Å². The summed E-state index contributed by atoms with van der Waals surface area (Å²) in [4.78, 5) is 11.5. The Kier molecular flexibility index (Phi) is 8.58. The molecule has 138 valence electrons. The SMILES string of the molecule is CCCCCCCCCCCCOc1ccc2c(C)cc(=O)oc2c1. The summed E-state index contributed by atoms with van der Waals surface area (Å²) in [6.07, 6.45) is 13.2. The van der Waals surface area contributed by atoms with Gasteiger partial charge in [0.05, 0.1) is 6.61 Å². The van der Waals surface area contributed by atoms with Crippen LogP contribution in [0.4, 0.5) is 0 Å². The maximum absolute atomic E-state index is 11.5. The second kappa shape index (κ2) is 11.0. The van der Waals surface area contributed by atoms with Crippen LogP contribution < -0.4 is 10.4 Å². The minimum Gasteiger partial charge on any atom is -0.493 e. The maximum Gasteiger partial charge on any atom is 0.336 e. The molecule has 0 fully saturated rings. The maximum atomic E-state index is 11.5. The van der Waals surface area contributed by atoms with Gasteiger partial charge in [-0.15, -0.1) is 0 Å². The van der Waals surface area contributed by atoms with E-state index in [2.05, 4.69) is 6.92 Å². The molecule has 0 unspecified atom stereocenters. The molecule has 0 spiro atoms. The predicted octanol–water partition coefficient (Wildman–Crippen LogP) is 6.40. The van der Waals surface area contributed by atoms with Crippen LogP contribution in [0.15, 0.2) is 33.5 Å². The number of hydrogen-bond acceptors (Lipinski definition) is 3. The normalized spacial score (nSPS) is 11.1. The summed E-state index contributed by atoms with van der Waals surface area (Å²) in [5, 5.41) is 0.964. The van der Waals surface area contributed by atoms with Crippen LogP contribution >= 0.6 is 0 Å². The third-order valence-corrected chi connectivity index (χ3v) is 4.69. The quantitative estimate of drug-likeness (QED) is 0.330. The number of aryl methyl sites for hydroxylation is 1. The van der Waals surface area contributed by atoms with Gasteiger partial charge in [0.15, 0.2) is 0 Å². The lowest BCUT2D eigenvalue weighted by Crippen LogP contribution is -2.00. The molecule has 0 atom stereocenters. The van der Waals surface area contributed by atoms with Gasteiger partial charge in [-0.25, -0.2) is 4.79 Å². The second-order valence-electron chi connectivity index (χ2n) is 6.94. The lowest BCUT2D eigenvalue weighted by Gasteiger charge is -2.07. The summed E-state index contributed by atoms with van der Waals surface area (Å²) >= 11 is 0. The molecule has 1 aromatic carbocycles. The van der Waals surface area contributed by atoms with E-state index in [0.29, 0.717) is 5.58 Å². The summed E-state index contributed by atoms with van der Waals surface area (Å²) in [6.45, 7) is 4.90. The highest BCUT2D eigenvalue weighted by Crippen LogP contribution is 2.22. The van der Waals surface area contributed by atoms with Gasteiger partial charge < -0.3 is 9.15 Å². The Morgan fingerprint density at radius 3 is 2.20 bits per heavy atom. The highest BCUT2D eigenvalue weighted by atomic mass is 16.5. The topological polar surface area (TPSA) is 39.4 Å². The van der Waals surface area contributed by atoms with E-state index in [1.807, 2.05) is 25.1 Å². The van der Waals surface area contributed by atoms with Crippen LogP contribution in [0.3, 0.4) is 0 Å².